The van der Waals surface area contributed by atoms with Crippen molar-refractivity contribution in [2.75, 3.05) is 5.73 Å². The maximum absolute atomic E-state index is 5.79. The Bertz CT molecular complexity index is 757. The summed E-state index contributed by atoms with van der Waals surface area (Å²) in [6.45, 7) is 0. The second kappa shape index (κ2) is 5.11. The van der Waals surface area contributed by atoms with Gasteiger partial charge in [-0.15, -0.1) is 0 Å². The number of hydrogen-bond donors (Lipinski definition) is 1. The molecule has 3 aromatic rings. The number of thiazole rings is 1. The predicted molar refractivity (Wildman–Crippen MR) is 85.9 cm³/mol. The Hall–Kier alpha value is -1.11. The number of rotatable bonds is 2. The van der Waals surface area contributed by atoms with Crippen molar-refractivity contribution in [1.29, 1.82) is 0 Å². The molecule has 0 bridgehead atoms. The molecule has 3 rings (SSSR count). The van der Waals surface area contributed by atoms with Gasteiger partial charge in [-0.05, 0) is 52.3 Å². The molecule has 0 aliphatic carbocycles. The van der Waals surface area contributed by atoms with Crippen molar-refractivity contribution in [2.24, 2.45) is 0 Å². The van der Waals surface area contributed by atoms with Crippen molar-refractivity contribution in [2.45, 2.75) is 0 Å². The molecule has 0 aliphatic rings. The molecule has 0 atom stereocenters. The van der Waals surface area contributed by atoms with E-state index in [0.29, 0.717) is 5.19 Å². The molecule has 0 fully saturated rings. The van der Waals surface area contributed by atoms with E-state index in [2.05, 4.69) is 36.8 Å². The van der Waals surface area contributed by atoms with Crippen LogP contribution in [0.3, 0.4) is 0 Å². The second-order valence-electron chi connectivity index (χ2n) is 3.88. The number of hydrogen-bond acceptors (Lipinski definition) is 4. The molecule has 3 nitrogen and oxygen atoms in total. The number of halogens is 2. The molecule has 0 spiro atoms. The molecule has 0 saturated heterocycles. The number of benzene rings is 2. The lowest BCUT2D eigenvalue weighted by Gasteiger charge is -2.04. The van der Waals surface area contributed by atoms with E-state index in [1.807, 2.05) is 36.4 Å². The summed E-state index contributed by atoms with van der Waals surface area (Å²) in [6.07, 6.45) is 0. The summed E-state index contributed by atoms with van der Waals surface area (Å²) in [5.74, 6) is 0.732. The van der Waals surface area contributed by atoms with E-state index in [-0.39, 0.29) is 0 Å². The first-order valence-corrected chi connectivity index (χ1v) is 7.81. The zero-order chi connectivity index (χ0) is 13.4. The standard InChI is InChI=1S/C13H8Br2N2OS/c14-7-1-4-11(9(15)5-7)18-13-17-10-3-2-8(16)6-12(10)19-13/h1-6H,16H2. The van der Waals surface area contributed by atoms with Gasteiger partial charge in [-0.2, -0.15) is 0 Å². The van der Waals surface area contributed by atoms with Crippen LogP contribution in [0.2, 0.25) is 0 Å². The minimum Gasteiger partial charge on any atom is -0.430 e. The van der Waals surface area contributed by atoms with E-state index >= 15 is 0 Å². The molecule has 0 amide bonds. The van der Waals surface area contributed by atoms with E-state index in [9.17, 15) is 0 Å². The quantitative estimate of drug-likeness (QED) is 0.602. The molecule has 19 heavy (non-hydrogen) atoms. The summed E-state index contributed by atoms with van der Waals surface area (Å²) in [5.41, 5.74) is 7.37. The van der Waals surface area contributed by atoms with Gasteiger partial charge in [0.15, 0.2) is 0 Å². The van der Waals surface area contributed by atoms with Crippen molar-refractivity contribution in [1.82, 2.24) is 4.98 Å². The summed E-state index contributed by atoms with van der Waals surface area (Å²) < 4.78 is 8.67. The molecular formula is C13H8Br2N2OS. The molecule has 6 heteroatoms. The highest BCUT2D eigenvalue weighted by molar-refractivity contribution is 9.11. The van der Waals surface area contributed by atoms with E-state index < -0.39 is 0 Å². The number of fused-ring (bicyclic) bond motifs is 1. The van der Waals surface area contributed by atoms with Gasteiger partial charge in [-0.1, -0.05) is 27.3 Å². The van der Waals surface area contributed by atoms with Gasteiger partial charge in [-0.25, -0.2) is 4.98 Å². The van der Waals surface area contributed by atoms with Crippen molar-refractivity contribution in [3.63, 3.8) is 0 Å². The lowest BCUT2D eigenvalue weighted by atomic mass is 10.3. The molecule has 96 valence electrons. The van der Waals surface area contributed by atoms with Gasteiger partial charge in [0.1, 0.15) is 5.75 Å². The Morgan fingerprint density at radius 3 is 2.74 bits per heavy atom. The molecule has 0 unspecified atom stereocenters. The summed E-state index contributed by atoms with van der Waals surface area (Å²) >= 11 is 8.34. The van der Waals surface area contributed by atoms with Crippen LogP contribution in [0.5, 0.6) is 10.9 Å². The van der Waals surface area contributed by atoms with E-state index in [1.54, 1.807) is 0 Å². The van der Waals surface area contributed by atoms with Crippen molar-refractivity contribution in [3.8, 4) is 10.9 Å². The van der Waals surface area contributed by atoms with Gasteiger partial charge in [-0.3, -0.25) is 0 Å². The fourth-order valence-electron chi connectivity index (χ4n) is 1.62. The SMILES string of the molecule is Nc1ccc2nc(Oc3ccc(Br)cc3Br)sc2c1. The van der Waals surface area contributed by atoms with Crippen molar-refractivity contribution >= 4 is 59.1 Å². The van der Waals surface area contributed by atoms with Crippen molar-refractivity contribution < 1.29 is 4.74 Å². The smallest absolute Gasteiger partial charge is 0.279 e. The van der Waals surface area contributed by atoms with E-state index in [1.165, 1.54) is 11.3 Å². The molecule has 1 aromatic heterocycles. The minimum atomic E-state index is 0.601. The van der Waals surface area contributed by atoms with Crippen LogP contribution in [0.25, 0.3) is 10.2 Å². The second-order valence-corrected chi connectivity index (χ2v) is 6.65. The summed E-state index contributed by atoms with van der Waals surface area (Å²) in [7, 11) is 0. The average Bonchev–Trinajstić information content (AvgIpc) is 2.74. The zero-order valence-electron chi connectivity index (χ0n) is 9.56. The summed E-state index contributed by atoms with van der Waals surface area (Å²) in [4.78, 5) is 4.42. The zero-order valence-corrected chi connectivity index (χ0v) is 13.5. The number of nitrogen functional groups attached to an aromatic ring is 1. The highest BCUT2D eigenvalue weighted by atomic mass is 79.9. The Morgan fingerprint density at radius 2 is 1.95 bits per heavy atom. The molecular weight excluding hydrogens is 392 g/mol. The van der Waals surface area contributed by atoms with Crippen molar-refractivity contribution in [3.05, 3.63) is 45.3 Å². The summed E-state index contributed by atoms with van der Waals surface area (Å²) in [6, 6.07) is 11.4. The Labute approximate surface area is 130 Å². The van der Waals surface area contributed by atoms with Gasteiger partial charge < -0.3 is 10.5 Å². The average molecular weight is 400 g/mol. The predicted octanol–water partition coefficient (Wildman–Crippen LogP) is 5.20. The molecule has 2 N–H and O–H groups in total. The van der Waals surface area contributed by atoms with Crippen LogP contribution in [0.1, 0.15) is 0 Å². The Balaban J connectivity index is 1.96. The fraction of sp³-hybridized carbons (Fsp3) is 0. The highest BCUT2D eigenvalue weighted by Gasteiger charge is 2.08. The maximum atomic E-state index is 5.79. The maximum Gasteiger partial charge on any atom is 0.279 e. The van der Waals surface area contributed by atoms with Crippen LogP contribution in [-0.4, -0.2) is 4.98 Å². The Kier molecular flexibility index (Phi) is 3.47. The first kappa shape index (κ1) is 12.9. The minimum absolute atomic E-state index is 0.601. The third-order valence-electron chi connectivity index (χ3n) is 2.48. The van der Waals surface area contributed by atoms with Crippen LogP contribution < -0.4 is 10.5 Å². The largest absolute Gasteiger partial charge is 0.430 e. The topological polar surface area (TPSA) is 48.1 Å². The molecule has 0 radical (unpaired) electrons. The first-order valence-electron chi connectivity index (χ1n) is 5.41. The van der Waals surface area contributed by atoms with Crippen LogP contribution in [0.15, 0.2) is 45.3 Å². The van der Waals surface area contributed by atoms with Crippen LogP contribution >= 0.6 is 43.2 Å². The van der Waals surface area contributed by atoms with Gasteiger partial charge >= 0.3 is 0 Å². The van der Waals surface area contributed by atoms with Gasteiger partial charge in [0.25, 0.3) is 5.19 Å². The lowest BCUT2D eigenvalue weighted by Crippen LogP contribution is -1.84. The lowest BCUT2D eigenvalue weighted by molar-refractivity contribution is 0.477. The molecule has 0 aliphatic heterocycles. The molecule has 0 saturated carbocycles. The van der Waals surface area contributed by atoms with Crippen LogP contribution in [0.4, 0.5) is 5.69 Å². The van der Waals surface area contributed by atoms with Crippen LogP contribution in [0, 0.1) is 0 Å². The monoisotopic (exact) mass is 398 g/mol. The number of aromatic nitrogens is 1. The molecule has 1 heterocycles. The van der Waals surface area contributed by atoms with Gasteiger partial charge in [0, 0.05) is 10.2 Å². The van der Waals surface area contributed by atoms with Gasteiger partial charge in [0.2, 0.25) is 0 Å². The normalized spacial score (nSPS) is 10.8. The summed E-state index contributed by atoms with van der Waals surface area (Å²) in [5, 5.41) is 0.601. The third-order valence-corrected chi connectivity index (χ3v) is 4.49. The highest BCUT2D eigenvalue weighted by Crippen LogP contribution is 2.36. The number of anilines is 1. The number of ether oxygens (including phenoxy) is 1. The van der Waals surface area contributed by atoms with Crippen LogP contribution in [-0.2, 0) is 0 Å². The third kappa shape index (κ3) is 2.75. The van der Waals surface area contributed by atoms with E-state index in [4.69, 9.17) is 10.5 Å². The van der Waals surface area contributed by atoms with Gasteiger partial charge in [0.05, 0.1) is 14.7 Å². The van der Waals surface area contributed by atoms with E-state index in [0.717, 1.165) is 30.6 Å². The number of nitrogens with zero attached hydrogens (tertiary/aromatic N) is 1. The first-order chi connectivity index (χ1) is 9.11. The Morgan fingerprint density at radius 1 is 1.11 bits per heavy atom. The fourth-order valence-corrected chi connectivity index (χ4v) is 3.62. The number of nitrogens with two attached hydrogens (primary N) is 1. The molecule has 2 aromatic carbocycles.